The molecule has 92 valence electrons. The van der Waals surface area contributed by atoms with Crippen LogP contribution in [0.25, 0.3) is 0 Å². The molecule has 0 aliphatic rings. The lowest BCUT2D eigenvalue weighted by molar-refractivity contribution is 0.0990. The number of halogens is 2. The molecule has 0 bridgehead atoms. The Labute approximate surface area is 103 Å². The zero-order valence-electron chi connectivity index (χ0n) is 9.78. The van der Waals surface area contributed by atoms with E-state index in [0.29, 0.717) is 11.3 Å². The molecule has 0 amide bonds. The van der Waals surface area contributed by atoms with Gasteiger partial charge in [0.15, 0.2) is 5.78 Å². The number of benzene rings is 1. The van der Waals surface area contributed by atoms with Gasteiger partial charge in [-0.2, -0.15) is 0 Å². The molecule has 0 saturated carbocycles. The van der Waals surface area contributed by atoms with Crippen LogP contribution in [0.1, 0.15) is 21.6 Å². The third-order valence-electron chi connectivity index (χ3n) is 2.62. The maximum atomic E-state index is 13.4. The van der Waals surface area contributed by atoms with Crippen LogP contribution >= 0.6 is 0 Å². The fraction of sp³-hybridized carbons (Fsp3) is 0.143. The predicted octanol–water partition coefficient (Wildman–Crippen LogP) is 3.09. The Balaban J connectivity index is 2.27. The quantitative estimate of drug-likeness (QED) is 0.780. The summed E-state index contributed by atoms with van der Waals surface area (Å²) in [6, 6.07) is 6.69. The molecule has 0 aliphatic carbocycles. The molecule has 1 aromatic carbocycles. The molecule has 2 nitrogen and oxygen atoms in total. The normalized spacial score (nSPS) is 10.4. The molecule has 0 atom stereocenters. The Morgan fingerprint density at radius 3 is 2.50 bits per heavy atom. The van der Waals surface area contributed by atoms with Gasteiger partial charge in [-0.05, 0) is 31.2 Å². The molecule has 0 saturated heterocycles. The van der Waals surface area contributed by atoms with E-state index >= 15 is 0 Å². The summed E-state index contributed by atoms with van der Waals surface area (Å²) in [5, 5.41) is 0. The van der Waals surface area contributed by atoms with Crippen LogP contribution in [0.4, 0.5) is 8.78 Å². The van der Waals surface area contributed by atoms with Crippen LogP contribution in [-0.4, -0.2) is 10.8 Å². The molecule has 0 N–H and O–H groups in total. The summed E-state index contributed by atoms with van der Waals surface area (Å²) in [6.07, 6.45) is 1.21. The molecule has 0 aliphatic heterocycles. The molecule has 4 heteroatoms. The van der Waals surface area contributed by atoms with Gasteiger partial charge in [0.1, 0.15) is 11.6 Å². The Morgan fingerprint density at radius 1 is 1.22 bits per heavy atom. The van der Waals surface area contributed by atoms with Gasteiger partial charge in [0.25, 0.3) is 0 Å². The van der Waals surface area contributed by atoms with Crippen LogP contribution in [-0.2, 0) is 6.42 Å². The molecule has 0 radical (unpaired) electrons. The first kappa shape index (κ1) is 12.4. The van der Waals surface area contributed by atoms with Crippen LogP contribution < -0.4 is 0 Å². The number of carbonyl (C=O) groups is 1. The van der Waals surface area contributed by atoms with Crippen LogP contribution in [0.2, 0.25) is 0 Å². The number of aryl methyl sites for hydroxylation is 1. The lowest BCUT2D eigenvalue weighted by Gasteiger charge is -2.04. The second-order valence-corrected chi connectivity index (χ2v) is 3.99. The molecular formula is C14H11F2NO. The van der Waals surface area contributed by atoms with Gasteiger partial charge in [-0.3, -0.25) is 9.78 Å². The van der Waals surface area contributed by atoms with E-state index in [1.165, 1.54) is 18.3 Å². The van der Waals surface area contributed by atoms with Crippen molar-refractivity contribution in [2.24, 2.45) is 0 Å². The molecule has 0 spiro atoms. The van der Waals surface area contributed by atoms with Crippen LogP contribution in [0.5, 0.6) is 0 Å². The molecular weight excluding hydrogens is 236 g/mol. The van der Waals surface area contributed by atoms with Crippen molar-refractivity contribution >= 4 is 5.78 Å². The van der Waals surface area contributed by atoms with Gasteiger partial charge in [-0.1, -0.05) is 6.07 Å². The van der Waals surface area contributed by atoms with E-state index in [1.807, 2.05) is 0 Å². The Hall–Kier alpha value is -2.10. The average Bonchev–Trinajstić information content (AvgIpc) is 2.34. The van der Waals surface area contributed by atoms with Crippen molar-refractivity contribution in [3.63, 3.8) is 0 Å². The van der Waals surface area contributed by atoms with Gasteiger partial charge in [-0.15, -0.1) is 0 Å². The molecule has 1 aromatic heterocycles. The van der Waals surface area contributed by atoms with E-state index in [4.69, 9.17) is 0 Å². The van der Waals surface area contributed by atoms with Crippen molar-refractivity contribution in [2.45, 2.75) is 13.3 Å². The second-order valence-electron chi connectivity index (χ2n) is 3.99. The lowest BCUT2D eigenvalue weighted by Crippen LogP contribution is -2.07. The number of carbonyl (C=O) groups excluding carboxylic acids is 1. The number of rotatable bonds is 3. The van der Waals surface area contributed by atoms with E-state index in [1.54, 1.807) is 13.0 Å². The Morgan fingerprint density at radius 2 is 1.89 bits per heavy atom. The standard InChI is InChI=1S/C14H11F2NO/c1-9-7-10(5-6-17-9)14(18)8-11-12(15)3-2-4-13(11)16/h2-7H,8H2,1H3. The van der Waals surface area contributed by atoms with E-state index < -0.39 is 11.6 Å². The molecule has 18 heavy (non-hydrogen) atoms. The number of hydrogen-bond donors (Lipinski definition) is 0. The van der Waals surface area contributed by atoms with Crippen molar-refractivity contribution < 1.29 is 13.6 Å². The minimum absolute atomic E-state index is 0.197. The smallest absolute Gasteiger partial charge is 0.167 e. The summed E-state index contributed by atoms with van der Waals surface area (Å²) in [7, 11) is 0. The Bertz CT molecular complexity index is 576. The van der Waals surface area contributed by atoms with Gasteiger partial charge in [-0.25, -0.2) is 8.78 Å². The zero-order chi connectivity index (χ0) is 13.1. The van der Waals surface area contributed by atoms with Crippen LogP contribution in [0.3, 0.4) is 0 Å². The van der Waals surface area contributed by atoms with Crippen molar-refractivity contribution in [1.29, 1.82) is 0 Å². The van der Waals surface area contributed by atoms with E-state index in [9.17, 15) is 13.6 Å². The molecule has 2 rings (SSSR count). The van der Waals surface area contributed by atoms with Crippen LogP contribution in [0.15, 0.2) is 36.5 Å². The van der Waals surface area contributed by atoms with Crippen molar-refractivity contribution in [2.75, 3.05) is 0 Å². The number of Topliss-reactive ketones (excluding diaryl/α,β-unsaturated/α-hetero) is 1. The summed E-state index contributed by atoms with van der Waals surface area (Å²) in [6.45, 7) is 1.75. The SMILES string of the molecule is Cc1cc(C(=O)Cc2c(F)cccc2F)ccn1. The summed E-state index contributed by atoms with van der Waals surface area (Å²) in [5.74, 6) is -1.73. The monoisotopic (exact) mass is 247 g/mol. The van der Waals surface area contributed by atoms with Gasteiger partial charge < -0.3 is 0 Å². The number of aromatic nitrogens is 1. The lowest BCUT2D eigenvalue weighted by atomic mass is 10.0. The highest BCUT2D eigenvalue weighted by Gasteiger charge is 2.14. The maximum Gasteiger partial charge on any atom is 0.167 e. The molecule has 2 aromatic rings. The molecule has 1 heterocycles. The zero-order valence-corrected chi connectivity index (χ0v) is 9.78. The largest absolute Gasteiger partial charge is 0.294 e. The van der Waals surface area contributed by atoms with E-state index in [0.717, 1.165) is 12.1 Å². The predicted molar refractivity (Wildman–Crippen MR) is 63.4 cm³/mol. The third kappa shape index (κ3) is 2.59. The van der Waals surface area contributed by atoms with E-state index in [-0.39, 0.29) is 17.8 Å². The highest BCUT2D eigenvalue weighted by Crippen LogP contribution is 2.15. The fourth-order valence-electron chi connectivity index (χ4n) is 1.68. The van der Waals surface area contributed by atoms with Crippen molar-refractivity contribution in [1.82, 2.24) is 4.98 Å². The minimum Gasteiger partial charge on any atom is -0.294 e. The fourth-order valence-corrected chi connectivity index (χ4v) is 1.68. The third-order valence-corrected chi connectivity index (χ3v) is 2.62. The second kappa shape index (κ2) is 5.04. The van der Waals surface area contributed by atoms with Gasteiger partial charge >= 0.3 is 0 Å². The van der Waals surface area contributed by atoms with Gasteiger partial charge in [0.2, 0.25) is 0 Å². The van der Waals surface area contributed by atoms with Gasteiger partial charge in [0, 0.05) is 29.4 Å². The minimum atomic E-state index is -0.700. The first-order chi connectivity index (χ1) is 8.58. The molecule has 0 unspecified atom stereocenters. The maximum absolute atomic E-state index is 13.4. The highest BCUT2D eigenvalue weighted by atomic mass is 19.1. The summed E-state index contributed by atoms with van der Waals surface area (Å²) < 4.78 is 26.8. The average molecular weight is 247 g/mol. The first-order valence-electron chi connectivity index (χ1n) is 5.46. The van der Waals surface area contributed by atoms with E-state index in [2.05, 4.69) is 4.98 Å². The number of pyridine rings is 1. The number of ketones is 1. The summed E-state index contributed by atoms with van der Waals surface area (Å²) in [5.41, 5.74) is 0.900. The summed E-state index contributed by atoms with van der Waals surface area (Å²) >= 11 is 0. The first-order valence-corrected chi connectivity index (χ1v) is 5.46. The topological polar surface area (TPSA) is 30.0 Å². The van der Waals surface area contributed by atoms with Gasteiger partial charge in [0.05, 0.1) is 0 Å². The Kier molecular flexibility index (Phi) is 3.46. The summed E-state index contributed by atoms with van der Waals surface area (Å²) in [4.78, 5) is 15.9. The number of hydrogen-bond acceptors (Lipinski definition) is 2. The number of nitrogens with zero attached hydrogens (tertiary/aromatic N) is 1. The van der Waals surface area contributed by atoms with Crippen molar-refractivity contribution in [3.8, 4) is 0 Å². The highest BCUT2D eigenvalue weighted by molar-refractivity contribution is 5.97. The molecule has 0 fully saturated rings. The van der Waals surface area contributed by atoms with Crippen molar-refractivity contribution in [3.05, 3.63) is 65.0 Å². The van der Waals surface area contributed by atoms with Crippen LogP contribution in [0, 0.1) is 18.6 Å².